The molecule has 3 heterocycles. The number of carbonyl (C=O) groups excluding carboxylic acids is 2. The first kappa shape index (κ1) is 18.5. The summed E-state index contributed by atoms with van der Waals surface area (Å²) in [7, 11) is 0. The Morgan fingerprint density at radius 3 is 2.57 bits per heavy atom. The SMILES string of the molecule is CCc1nnc(N2C(=O)C(=O)/C(=C(/O)c3ccc(F)cc3)C2c2cccs2)s1. The zero-order valence-electron chi connectivity index (χ0n) is 14.6. The van der Waals surface area contributed by atoms with E-state index < -0.39 is 23.5 Å². The minimum absolute atomic E-state index is 0.0488. The molecule has 0 spiro atoms. The third kappa shape index (κ3) is 3.02. The van der Waals surface area contributed by atoms with Crippen LogP contribution in [0.1, 0.15) is 28.4 Å². The highest BCUT2D eigenvalue weighted by Crippen LogP contribution is 2.44. The lowest BCUT2D eigenvalue weighted by Crippen LogP contribution is -2.29. The fourth-order valence-electron chi connectivity index (χ4n) is 2.99. The Labute approximate surface area is 167 Å². The number of rotatable bonds is 4. The zero-order chi connectivity index (χ0) is 19.8. The maximum Gasteiger partial charge on any atom is 0.301 e. The molecule has 142 valence electrons. The Morgan fingerprint density at radius 1 is 1.21 bits per heavy atom. The zero-order valence-corrected chi connectivity index (χ0v) is 16.3. The molecule has 3 aromatic rings. The lowest BCUT2D eigenvalue weighted by atomic mass is 10.00. The fourth-order valence-corrected chi connectivity index (χ4v) is 4.62. The van der Waals surface area contributed by atoms with E-state index in [-0.39, 0.29) is 16.9 Å². The van der Waals surface area contributed by atoms with Gasteiger partial charge in [-0.05, 0) is 42.1 Å². The quantitative estimate of drug-likeness (QED) is 0.397. The number of nitrogens with zero attached hydrogens (tertiary/aromatic N) is 3. The van der Waals surface area contributed by atoms with Gasteiger partial charge in [0, 0.05) is 10.4 Å². The van der Waals surface area contributed by atoms with E-state index in [1.165, 1.54) is 51.8 Å². The van der Waals surface area contributed by atoms with E-state index >= 15 is 0 Å². The monoisotopic (exact) mass is 415 g/mol. The fraction of sp³-hybridized carbons (Fsp3) is 0.158. The standard InChI is InChI=1S/C19H14FN3O3S2/c1-2-13-21-22-19(28-13)23-15(12-4-3-9-27-12)14(17(25)18(23)26)16(24)10-5-7-11(20)8-6-10/h3-9,15,24H,2H2,1H3/b16-14+. The predicted molar refractivity (Wildman–Crippen MR) is 105 cm³/mol. The summed E-state index contributed by atoms with van der Waals surface area (Å²) in [4.78, 5) is 27.6. The number of hydrogen-bond acceptors (Lipinski definition) is 7. The van der Waals surface area contributed by atoms with Gasteiger partial charge in [0.15, 0.2) is 0 Å². The third-order valence-electron chi connectivity index (χ3n) is 4.34. The van der Waals surface area contributed by atoms with Gasteiger partial charge < -0.3 is 5.11 Å². The van der Waals surface area contributed by atoms with Crippen molar-refractivity contribution in [2.45, 2.75) is 19.4 Å². The average molecular weight is 415 g/mol. The number of Topliss-reactive ketones (excluding diaryl/α,β-unsaturated/α-hetero) is 1. The number of carbonyl (C=O) groups is 2. The predicted octanol–water partition coefficient (Wildman–Crippen LogP) is 3.93. The van der Waals surface area contributed by atoms with Gasteiger partial charge in [-0.15, -0.1) is 21.5 Å². The first-order valence-corrected chi connectivity index (χ1v) is 10.1. The molecule has 1 atom stereocenters. The Morgan fingerprint density at radius 2 is 1.96 bits per heavy atom. The van der Waals surface area contributed by atoms with Crippen LogP contribution in [0.25, 0.3) is 5.76 Å². The van der Waals surface area contributed by atoms with Crippen molar-refractivity contribution in [3.05, 3.63) is 68.6 Å². The molecule has 4 rings (SSSR count). The van der Waals surface area contributed by atoms with Crippen LogP contribution in [-0.4, -0.2) is 27.0 Å². The smallest absolute Gasteiger partial charge is 0.301 e. The Kier molecular flexibility index (Phi) is 4.78. The summed E-state index contributed by atoms with van der Waals surface area (Å²) in [5, 5.41) is 21.8. The van der Waals surface area contributed by atoms with E-state index in [0.717, 1.165) is 5.01 Å². The average Bonchev–Trinajstić information content (AvgIpc) is 3.42. The molecule has 1 unspecified atom stereocenters. The third-order valence-corrected chi connectivity index (χ3v) is 6.33. The molecule has 0 saturated carbocycles. The van der Waals surface area contributed by atoms with E-state index in [0.29, 0.717) is 16.4 Å². The molecule has 0 radical (unpaired) electrons. The van der Waals surface area contributed by atoms with Crippen molar-refractivity contribution in [2.24, 2.45) is 0 Å². The van der Waals surface area contributed by atoms with Crippen LogP contribution < -0.4 is 4.90 Å². The number of hydrogen-bond donors (Lipinski definition) is 1. The minimum atomic E-state index is -0.817. The van der Waals surface area contributed by atoms with Gasteiger partial charge >= 0.3 is 5.91 Å². The maximum absolute atomic E-state index is 13.2. The molecule has 1 N–H and O–H groups in total. The molecular formula is C19H14FN3O3S2. The number of aliphatic hydroxyl groups excluding tert-OH is 1. The van der Waals surface area contributed by atoms with Crippen molar-refractivity contribution in [1.29, 1.82) is 0 Å². The molecule has 9 heteroatoms. The van der Waals surface area contributed by atoms with Crippen LogP contribution in [0.15, 0.2) is 47.4 Å². The van der Waals surface area contributed by atoms with Gasteiger partial charge in [0.05, 0.1) is 5.57 Å². The second kappa shape index (κ2) is 7.25. The molecule has 6 nitrogen and oxygen atoms in total. The summed E-state index contributed by atoms with van der Waals surface area (Å²) < 4.78 is 13.2. The molecule has 0 aliphatic carbocycles. The number of anilines is 1. The van der Waals surface area contributed by atoms with E-state index in [1.807, 2.05) is 12.3 Å². The first-order chi connectivity index (χ1) is 13.5. The molecular weight excluding hydrogens is 401 g/mol. The van der Waals surface area contributed by atoms with Crippen LogP contribution in [0.4, 0.5) is 9.52 Å². The van der Waals surface area contributed by atoms with Gasteiger partial charge in [0.2, 0.25) is 5.13 Å². The number of aromatic nitrogens is 2. The number of halogens is 1. The molecule has 1 aromatic carbocycles. The molecule has 2 aromatic heterocycles. The maximum atomic E-state index is 13.2. The van der Waals surface area contributed by atoms with E-state index in [9.17, 15) is 19.1 Å². The number of thiophene rings is 1. The summed E-state index contributed by atoms with van der Waals surface area (Å²) in [6.45, 7) is 1.92. The van der Waals surface area contributed by atoms with Crippen LogP contribution in [-0.2, 0) is 16.0 Å². The minimum Gasteiger partial charge on any atom is -0.507 e. The van der Waals surface area contributed by atoms with E-state index in [4.69, 9.17) is 0 Å². The lowest BCUT2D eigenvalue weighted by Gasteiger charge is -2.20. The van der Waals surface area contributed by atoms with Crippen molar-refractivity contribution in [2.75, 3.05) is 4.90 Å². The Hall–Kier alpha value is -2.91. The molecule has 1 aliphatic heterocycles. The van der Waals surface area contributed by atoms with E-state index in [2.05, 4.69) is 10.2 Å². The summed E-state index contributed by atoms with van der Waals surface area (Å²) in [5.74, 6) is -2.40. The number of benzene rings is 1. The van der Waals surface area contributed by atoms with Crippen LogP contribution in [0.2, 0.25) is 0 Å². The molecule has 1 fully saturated rings. The Bertz CT molecular complexity index is 1070. The van der Waals surface area contributed by atoms with E-state index in [1.54, 1.807) is 12.1 Å². The first-order valence-electron chi connectivity index (χ1n) is 8.44. The normalized spacial score (nSPS) is 18.8. The van der Waals surface area contributed by atoms with Crippen molar-refractivity contribution in [3.63, 3.8) is 0 Å². The number of aryl methyl sites for hydroxylation is 1. The van der Waals surface area contributed by atoms with Crippen molar-refractivity contribution in [1.82, 2.24) is 10.2 Å². The summed E-state index contributed by atoms with van der Waals surface area (Å²) >= 11 is 2.59. The molecule has 28 heavy (non-hydrogen) atoms. The second-order valence-electron chi connectivity index (χ2n) is 6.02. The van der Waals surface area contributed by atoms with Gasteiger partial charge in [0.25, 0.3) is 5.78 Å². The second-order valence-corrected chi connectivity index (χ2v) is 8.04. The van der Waals surface area contributed by atoms with Crippen LogP contribution in [0.3, 0.4) is 0 Å². The van der Waals surface area contributed by atoms with Gasteiger partial charge in [0.1, 0.15) is 22.6 Å². The molecule has 0 bridgehead atoms. The number of amides is 1. The number of ketones is 1. The highest BCUT2D eigenvalue weighted by atomic mass is 32.1. The lowest BCUT2D eigenvalue weighted by molar-refractivity contribution is -0.132. The largest absolute Gasteiger partial charge is 0.507 e. The molecule has 1 amide bonds. The summed E-state index contributed by atoms with van der Waals surface area (Å²) in [6, 6.07) is 7.87. The van der Waals surface area contributed by atoms with Crippen LogP contribution in [0.5, 0.6) is 0 Å². The summed E-state index contributed by atoms with van der Waals surface area (Å²) in [6.07, 6.45) is 0.654. The summed E-state index contributed by atoms with van der Waals surface area (Å²) in [5.41, 5.74) is 0.208. The van der Waals surface area contributed by atoms with Gasteiger partial charge in [-0.25, -0.2) is 4.39 Å². The Balaban J connectivity index is 1.90. The molecule has 1 saturated heterocycles. The van der Waals surface area contributed by atoms with Crippen molar-refractivity contribution in [3.8, 4) is 0 Å². The van der Waals surface area contributed by atoms with Crippen molar-refractivity contribution >= 4 is 45.3 Å². The molecule has 1 aliphatic rings. The highest BCUT2D eigenvalue weighted by molar-refractivity contribution is 7.15. The van der Waals surface area contributed by atoms with Crippen LogP contribution >= 0.6 is 22.7 Å². The van der Waals surface area contributed by atoms with Crippen molar-refractivity contribution < 1.29 is 19.1 Å². The van der Waals surface area contributed by atoms with Gasteiger partial charge in [-0.2, -0.15) is 0 Å². The number of aliphatic hydroxyl groups is 1. The highest BCUT2D eigenvalue weighted by Gasteiger charge is 2.48. The van der Waals surface area contributed by atoms with Gasteiger partial charge in [-0.3, -0.25) is 14.5 Å². The van der Waals surface area contributed by atoms with Crippen LogP contribution in [0, 0.1) is 5.82 Å². The van der Waals surface area contributed by atoms with Gasteiger partial charge in [-0.1, -0.05) is 24.3 Å². The topological polar surface area (TPSA) is 83.4 Å².